The highest BCUT2D eigenvalue weighted by atomic mass is 32.1. The van der Waals surface area contributed by atoms with Gasteiger partial charge in [0.05, 0.1) is 10.7 Å². The molecule has 3 heteroatoms. The highest BCUT2D eigenvalue weighted by Crippen LogP contribution is 2.26. The fraction of sp³-hybridized carbons (Fsp3) is 0.615. The largest absolute Gasteiger partial charge is 0.306 e. The second-order valence-corrected chi connectivity index (χ2v) is 5.79. The Labute approximate surface area is 102 Å². The molecule has 2 rings (SSSR count). The van der Waals surface area contributed by atoms with Gasteiger partial charge in [-0.2, -0.15) is 0 Å². The van der Waals surface area contributed by atoms with Crippen molar-refractivity contribution in [2.24, 2.45) is 0 Å². The molecule has 1 N–H and O–H groups in total. The van der Waals surface area contributed by atoms with Gasteiger partial charge in [-0.15, -0.1) is 11.3 Å². The molecule has 0 spiro atoms. The van der Waals surface area contributed by atoms with E-state index in [1.54, 1.807) is 0 Å². The Morgan fingerprint density at radius 3 is 2.81 bits per heavy atom. The standard InChI is InChI=1S/C13H20N2S/c1-9-13(16-11(3)14-9)10(2)15-12-7-5-4-6-8-12/h4-5,10,12,15H,6-8H2,1-3H3. The van der Waals surface area contributed by atoms with Gasteiger partial charge in [0.15, 0.2) is 0 Å². The maximum absolute atomic E-state index is 4.49. The summed E-state index contributed by atoms with van der Waals surface area (Å²) in [5, 5.41) is 4.88. The molecule has 0 aromatic carbocycles. The third kappa shape index (κ3) is 2.71. The Balaban J connectivity index is 1.99. The number of aryl methyl sites for hydroxylation is 2. The smallest absolute Gasteiger partial charge is 0.0900 e. The maximum atomic E-state index is 4.49. The predicted molar refractivity (Wildman–Crippen MR) is 69.9 cm³/mol. The monoisotopic (exact) mass is 236 g/mol. The summed E-state index contributed by atoms with van der Waals surface area (Å²) in [4.78, 5) is 5.89. The SMILES string of the molecule is Cc1nc(C)c(C(C)NC2CC=CCC2)s1. The molecule has 0 amide bonds. The number of nitrogens with one attached hydrogen (secondary N) is 1. The molecule has 2 nitrogen and oxygen atoms in total. The molecule has 0 saturated heterocycles. The number of allylic oxidation sites excluding steroid dienone is 1. The molecule has 2 unspecified atom stereocenters. The van der Waals surface area contributed by atoms with E-state index >= 15 is 0 Å². The van der Waals surface area contributed by atoms with Crippen molar-refractivity contribution in [2.45, 2.75) is 52.1 Å². The van der Waals surface area contributed by atoms with Crippen LogP contribution in [0.25, 0.3) is 0 Å². The summed E-state index contributed by atoms with van der Waals surface area (Å²) in [5.41, 5.74) is 1.19. The Kier molecular flexibility index (Phi) is 3.77. The van der Waals surface area contributed by atoms with E-state index in [-0.39, 0.29) is 0 Å². The lowest BCUT2D eigenvalue weighted by molar-refractivity contribution is 0.428. The van der Waals surface area contributed by atoms with Gasteiger partial charge in [-0.1, -0.05) is 12.2 Å². The quantitative estimate of drug-likeness (QED) is 0.812. The van der Waals surface area contributed by atoms with Crippen molar-refractivity contribution in [3.8, 4) is 0 Å². The van der Waals surface area contributed by atoms with Gasteiger partial charge in [-0.3, -0.25) is 0 Å². The van der Waals surface area contributed by atoms with Crippen molar-refractivity contribution in [3.05, 3.63) is 27.7 Å². The molecule has 0 bridgehead atoms. The van der Waals surface area contributed by atoms with Gasteiger partial charge in [0.1, 0.15) is 0 Å². The Bertz CT molecular complexity index is 381. The van der Waals surface area contributed by atoms with E-state index in [1.807, 2.05) is 11.3 Å². The summed E-state index contributed by atoms with van der Waals surface area (Å²) < 4.78 is 0. The van der Waals surface area contributed by atoms with Crippen molar-refractivity contribution in [3.63, 3.8) is 0 Å². The first-order valence-electron chi connectivity index (χ1n) is 6.02. The van der Waals surface area contributed by atoms with Crippen LogP contribution in [0.2, 0.25) is 0 Å². The Hall–Kier alpha value is -0.670. The molecule has 1 aromatic rings. The summed E-state index contributed by atoms with van der Waals surface area (Å²) in [5.74, 6) is 0. The number of aromatic nitrogens is 1. The van der Waals surface area contributed by atoms with Crippen molar-refractivity contribution < 1.29 is 0 Å². The second-order valence-electron chi connectivity index (χ2n) is 4.55. The van der Waals surface area contributed by atoms with Crippen molar-refractivity contribution in [2.75, 3.05) is 0 Å². The second kappa shape index (κ2) is 5.11. The van der Waals surface area contributed by atoms with Crippen LogP contribution >= 0.6 is 11.3 Å². The van der Waals surface area contributed by atoms with Crippen LogP contribution in [0.15, 0.2) is 12.2 Å². The van der Waals surface area contributed by atoms with Crippen LogP contribution < -0.4 is 5.32 Å². The molecular formula is C13H20N2S. The number of hydrogen-bond acceptors (Lipinski definition) is 3. The van der Waals surface area contributed by atoms with E-state index in [4.69, 9.17) is 0 Å². The predicted octanol–water partition coefficient (Wildman–Crippen LogP) is 3.52. The van der Waals surface area contributed by atoms with Gasteiger partial charge in [0.25, 0.3) is 0 Å². The van der Waals surface area contributed by atoms with E-state index < -0.39 is 0 Å². The summed E-state index contributed by atoms with van der Waals surface area (Å²) >= 11 is 1.82. The number of rotatable bonds is 3. The zero-order valence-electron chi connectivity index (χ0n) is 10.3. The average Bonchev–Trinajstić information content (AvgIpc) is 2.59. The van der Waals surface area contributed by atoms with Crippen molar-refractivity contribution >= 4 is 11.3 Å². The van der Waals surface area contributed by atoms with Gasteiger partial charge < -0.3 is 5.32 Å². The van der Waals surface area contributed by atoms with E-state index in [0.717, 1.165) is 0 Å². The van der Waals surface area contributed by atoms with Gasteiger partial charge in [-0.25, -0.2) is 4.98 Å². The maximum Gasteiger partial charge on any atom is 0.0900 e. The van der Waals surface area contributed by atoms with Gasteiger partial charge >= 0.3 is 0 Å². The fourth-order valence-electron chi connectivity index (χ4n) is 2.32. The minimum absolute atomic E-state index is 0.433. The zero-order valence-corrected chi connectivity index (χ0v) is 11.1. The molecule has 88 valence electrons. The van der Waals surface area contributed by atoms with Gasteiger partial charge in [0.2, 0.25) is 0 Å². The van der Waals surface area contributed by atoms with Crippen molar-refractivity contribution in [1.82, 2.24) is 10.3 Å². The lowest BCUT2D eigenvalue weighted by Crippen LogP contribution is -2.32. The summed E-state index contributed by atoms with van der Waals surface area (Å²) in [6.07, 6.45) is 8.22. The first-order chi connectivity index (χ1) is 7.66. The number of nitrogens with zero attached hydrogens (tertiary/aromatic N) is 1. The van der Waals surface area contributed by atoms with Crippen LogP contribution in [0.4, 0.5) is 0 Å². The molecule has 0 radical (unpaired) electrons. The molecule has 0 aliphatic heterocycles. The molecule has 16 heavy (non-hydrogen) atoms. The Morgan fingerprint density at radius 1 is 1.44 bits per heavy atom. The van der Waals surface area contributed by atoms with Crippen LogP contribution in [0.5, 0.6) is 0 Å². The van der Waals surface area contributed by atoms with Crippen LogP contribution in [-0.4, -0.2) is 11.0 Å². The third-order valence-electron chi connectivity index (χ3n) is 3.09. The molecule has 1 aromatic heterocycles. The third-order valence-corrected chi connectivity index (χ3v) is 4.34. The molecule has 1 heterocycles. The minimum Gasteiger partial charge on any atom is -0.306 e. The topological polar surface area (TPSA) is 24.9 Å². The molecule has 0 saturated carbocycles. The molecular weight excluding hydrogens is 216 g/mol. The average molecular weight is 236 g/mol. The summed E-state index contributed by atoms with van der Waals surface area (Å²) in [7, 11) is 0. The van der Waals surface area contributed by atoms with E-state index in [1.165, 1.54) is 34.8 Å². The number of thiazole rings is 1. The van der Waals surface area contributed by atoms with E-state index in [0.29, 0.717) is 12.1 Å². The van der Waals surface area contributed by atoms with E-state index in [2.05, 4.69) is 43.2 Å². The summed E-state index contributed by atoms with van der Waals surface area (Å²) in [6, 6.07) is 1.07. The van der Waals surface area contributed by atoms with Crippen LogP contribution in [0.3, 0.4) is 0 Å². The van der Waals surface area contributed by atoms with Crippen LogP contribution in [0, 0.1) is 13.8 Å². The highest BCUT2D eigenvalue weighted by Gasteiger charge is 2.17. The number of hydrogen-bond donors (Lipinski definition) is 1. The highest BCUT2D eigenvalue weighted by molar-refractivity contribution is 7.11. The minimum atomic E-state index is 0.433. The Morgan fingerprint density at radius 2 is 2.25 bits per heavy atom. The lowest BCUT2D eigenvalue weighted by atomic mass is 10.0. The van der Waals surface area contributed by atoms with Crippen LogP contribution in [0.1, 0.15) is 47.8 Å². The van der Waals surface area contributed by atoms with E-state index in [9.17, 15) is 0 Å². The van der Waals surface area contributed by atoms with Crippen LogP contribution in [-0.2, 0) is 0 Å². The van der Waals surface area contributed by atoms with Gasteiger partial charge in [0, 0.05) is 17.0 Å². The molecule has 1 aliphatic carbocycles. The van der Waals surface area contributed by atoms with Gasteiger partial charge in [-0.05, 0) is 40.0 Å². The molecule has 0 fully saturated rings. The molecule has 1 aliphatic rings. The molecule has 2 atom stereocenters. The lowest BCUT2D eigenvalue weighted by Gasteiger charge is -2.23. The van der Waals surface area contributed by atoms with Crippen molar-refractivity contribution in [1.29, 1.82) is 0 Å². The zero-order chi connectivity index (χ0) is 11.5. The normalized spacial score (nSPS) is 22.3. The first-order valence-corrected chi connectivity index (χ1v) is 6.83. The first kappa shape index (κ1) is 11.8. The fourth-order valence-corrected chi connectivity index (χ4v) is 3.26. The summed E-state index contributed by atoms with van der Waals surface area (Å²) in [6.45, 7) is 6.44.